The molecule has 5 heteroatoms. The summed E-state index contributed by atoms with van der Waals surface area (Å²) in [5, 5.41) is 26.4. The highest BCUT2D eigenvalue weighted by Gasteiger charge is 2.20. The first kappa shape index (κ1) is 12.8. The largest absolute Gasteiger partial charge is 0.394 e. The Hall–Kier alpha value is -0.200. The molecule has 0 amide bonds. The second-order valence-corrected chi connectivity index (χ2v) is 3.05. The van der Waals surface area contributed by atoms with Crippen molar-refractivity contribution in [3.8, 4) is 0 Å². The molecule has 0 saturated carbocycles. The lowest BCUT2D eigenvalue weighted by Crippen LogP contribution is -2.37. The molecule has 0 fully saturated rings. The number of aliphatic hydroxyl groups excluding tert-OH is 2. The zero-order valence-electron chi connectivity index (χ0n) is 7.90. The zero-order chi connectivity index (χ0) is 10.2. The van der Waals surface area contributed by atoms with Gasteiger partial charge < -0.3 is 24.8 Å². The summed E-state index contributed by atoms with van der Waals surface area (Å²) in [6.45, 7) is 2.08. The minimum Gasteiger partial charge on any atom is -0.394 e. The van der Waals surface area contributed by atoms with Gasteiger partial charge in [-0.05, 0) is 6.92 Å². The Morgan fingerprint density at radius 2 is 1.38 bits per heavy atom. The van der Waals surface area contributed by atoms with Crippen LogP contribution in [0.4, 0.5) is 0 Å². The van der Waals surface area contributed by atoms with Crippen LogP contribution in [0.15, 0.2) is 0 Å². The molecule has 0 aromatic rings. The lowest BCUT2D eigenvalue weighted by Gasteiger charge is -2.22. The number of aliphatic hydroxyl groups is 3. The Balaban J connectivity index is 3.42. The third kappa shape index (κ3) is 8.14. The zero-order valence-corrected chi connectivity index (χ0v) is 7.90. The standard InChI is InChI=1S/C8H18O5/c1-8(11,6-12-4-2-9)7-13-5-3-10/h9-11H,2-7H2,1H3. The molecular formula is C8H18O5. The van der Waals surface area contributed by atoms with E-state index in [4.69, 9.17) is 19.7 Å². The summed E-state index contributed by atoms with van der Waals surface area (Å²) in [6, 6.07) is 0. The highest BCUT2D eigenvalue weighted by Crippen LogP contribution is 2.04. The van der Waals surface area contributed by atoms with Crippen molar-refractivity contribution >= 4 is 0 Å². The van der Waals surface area contributed by atoms with E-state index < -0.39 is 5.60 Å². The molecule has 0 radical (unpaired) electrons. The molecule has 0 saturated heterocycles. The molecule has 3 N–H and O–H groups in total. The summed E-state index contributed by atoms with van der Waals surface area (Å²) in [7, 11) is 0. The van der Waals surface area contributed by atoms with Crippen LogP contribution in [0.25, 0.3) is 0 Å². The van der Waals surface area contributed by atoms with Gasteiger partial charge in [-0.2, -0.15) is 0 Å². The van der Waals surface area contributed by atoms with Crippen LogP contribution in [0.1, 0.15) is 6.92 Å². The van der Waals surface area contributed by atoms with Gasteiger partial charge in [0, 0.05) is 0 Å². The Morgan fingerprint density at radius 3 is 1.69 bits per heavy atom. The Kier molecular flexibility index (Phi) is 7.12. The Labute approximate surface area is 77.9 Å². The molecule has 0 spiro atoms. The summed E-state index contributed by atoms with van der Waals surface area (Å²) in [5.74, 6) is 0. The summed E-state index contributed by atoms with van der Waals surface area (Å²) >= 11 is 0. The Bertz CT molecular complexity index is 103. The molecule has 80 valence electrons. The molecule has 0 heterocycles. The molecule has 0 aromatic heterocycles. The highest BCUT2D eigenvalue weighted by atomic mass is 16.5. The fourth-order valence-electron chi connectivity index (χ4n) is 0.755. The molecule has 5 nitrogen and oxygen atoms in total. The third-order valence-corrected chi connectivity index (χ3v) is 1.30. The summed E-state index contributed by atoms with van der Waals surface area (Å²) in [6.07, 6.45) is 0. The van der Waals surface area contributed by atoms with Gasteiger partial charge in [-0.15, -0.1) is 0 Å². The second-order valence-electron chi connectivity index (χ2n) is 3.05. The Morgan fingerprint density at radius 1 is 1.00 bits per heavy atom. The fourth-order valence-corrected chi connectivity index (χ4v) is 0.755. The van der Waals surface area contributed by atoms with Crippen molar-refractivity contribution in [1.82, 2.24) is 0 Å². The van der Waals surface area contributed by atoms with Gasteiger partial charge in [0.05, 0.1) is 39.6 Å². The van der Waals surface area contributed by atoms with E-state index in [1.54, 1.807) is 6.92 Å². The van der Waals surface area contributed by atoms with E-state index in [2.05, 4.69) is 0 Å². The van der Waals surface area contributed by atoms with Crippen molar-refractivity contribution in [3.63, 3.8) is 0 Å². The van der Waals surface area contributed by atoms with Gasteiger partial charge in [0.2, 0.25) is 0 Å². The van der Waals surface area contributed by atoms with Crippen molar-refractivity contribution in [3.05, 3.63) is 0 Å². The number of rotatable bonds is 8. The average molecular weight is 194 g/mol. The van der Waals surface area contributed by atoms with Crippen LogP contribution in [0, 0.1) is 0 Å². The predicted molar refractivity (Wildman–Crippen MR) is 46.4 cm³/mol. The molecule has 0 unspecified atom stereocenters. The van der Waals surface area contributed by atoms with E-state index in [1.807, 2.05) is 0 Å². The summed E-state index contributed by atoms with van der Waals surface area (Å²) < 4.78 is 9.87. The fraction of sp³-hybridized carbons (Fsp3) is 1.00. The van der Waals surface area contributed by atoms with Crippen molar-refractivity contribution in [1.29, 1.82) is 0 Å². The van der Waals surface area contributed by atoms with E-state index >= 15 is 0 Å². The van der Waals surface area contributed by atoms with Crippen LogP contribution >= 0.6 is 0 Å². The molecule has 0 atom stereocenters. The molecule has 0 aliphatic carbocycles. The van der Waals surface area contributed by atoms with Gasteiger partial charge >= 0.3 is 0 Å². The van der Waals surface area contributed by atoms with Crippen LogP contribution in [-0.2, 0) is 9.47 Å². The normalized spacial score (nSPS) is 12.0. The van der Waals surface area contributed by atoms with Gasteiger partial charge in [-0.1, -0.05) is 0 Å². The van der Waals surface area contributed by atoms with Crippen molar-refractivity contribution in [2.24, 2.45) is 0 Å². The van der Waals surface area contributed by atoms with Gasteiger partial charge in [0.15, 0.2) is 0 Å². The highest BCUT2D eigenvalue weighted by molar-refractivity contribution is 4.70. The third-order valence-electron chi connectivity index (χ3n) is 1.30. The lowest BCUT2D eigenvalue weighted by molar-refractivity contribution is -0.0906. The molecule has 0 aromatic carbocycles. The van der Waals surface area contributed by atoms with Crippen molar-refractivity contribution in [2.45, 2.75) is 12.5 Å². The molecule has 0 rings (SSSR count). The number of hydrogen-bond acceptors (Lipinski definition) is 5. The van der Waals surface area contributed by atoms with Crippen molar-refractivity contribution < 1.29 is 24.8 Å². The molecule has 0 bridgehead atoms. The van der Waals surface area contributed by atoms with E-state index in [1.165, 1.54) is 0 Å². The van der Waals surface area contributed by atoms with Gasteiger partial charge in [-0.25, -0.2) is 0 Å². The van der Waals surface area contributed by atoms with Gasteiger partial charge in [0.1, 0.15) is 5.60 Å². The molecule has 0 aliphatic heterocycles. The quantitative estimate of drug-likeness (QED) is 0.421. The number of hydrogen-bond donors (Lipinski definition) is 3. The average Bonchev–Trinajstić information content (AvgIpc) is 2.05. The summed E-state index contributed by atoms with van der Waals surface area (Å²) in [5.41, 5.74) is -1.07. The minimum absolute atomic E-state index is 0.0619. The maximum atomic E-state index is 9.55. The minimum atomic E-state index is -1.07. The smallest absolute Gasteiger partial charge is 0.108 e. The predicted octanol–water partition coefficient (Wildman–Crippen LogP) is -1.24. The van der Waals surface area contributed by atoms with Crippen molar-refractivity contribution in [2.75, 3.05) is 39.6 Å². The van der Waals surface area contributed by atoms with Crippen LogP contribution in [0.5, 0.6) is 0 Å². The van der Waals surface area contributed by atoms with E-state index in [9.17, 15) is 5.11 Å². The van der Waals surface area contributed by atoms with E-state index in [0.717, 1.165) is 0 Å². The van der Waals surface area contributed by atoms with Gasteiger partial charge in [0.25, 0.3) is 0 Å². The lowest BCUT2D eigenvalue weighted by atomic mass is 10.1. The molecule has 0 aliphatic rings. The second kappa shape index (κ2) is 7.23. The van der Waals surface area contributed by atoms with E-state index in [0.29, 0.717) is 0 Å². The maximum Gasteiger partial charge on any atom is 0.108 e. The first-order chi connectivity index (χ1) is 6.12. The first-order valence-electron chi connectivity index (χ1n) is 4.22. The van der Waals surface area contributed by atoms with Crippen LogP contribution in [0.3, 0.4) is 0 Å². The van der Waals surface area contributed by atoms with E-state index in [-0.39, 0.29) is 39.6 Å². The number of ether oxygens (including phenoxy) is 2. The SMILES string of the molecule is CC(O)(COCCO)COCCO. The summed E-state index contributed by atoms with van der Waals surface area (Å²) in [4.78, 5) is 0. The monoisotopic (exact) mass is 194 g/mol. The topological polar surface area (TPSA) is 79.2 Å². The first-order valence-corrected chi connectivity index (χ1v) is 4.22. The molecular weight excluding hydrogens is 176 g/mol. The maximum absolute atomic E-state index is 9.55. The molecule has 13 heavy (non-hydrogen) atoms. The van der Waals surface area contributed by atoms with Crippen LogP contribution in [-0.4, -0.2) is 60.6 Å². The van der Waals surface area contributed by atoms with Crippen LogP contribution < -0.4 is 0 Å². The van der Waals surface area contributed by atoms with Crippen LogP contribution in [0.2, 0.25) is 0 Å². The van der Waals surface area contributed by atoms with Gasteiger partial charge in [-0.3, -0.25) is 0 Å².